The van der Waals surface area contributed by atoms with Crippen LogP contribution in [0.2, 0.25) is 0 Å². The Hall–Kier alpha value is -1.85. The normalized spacial score (nSPS) is 12.8. The van der Waals surface area contributed by atoms with Crippen LogP contribution < -0.4 is 10.1 Å². The smallest absolute Gasteiger partial charge is 0.308 e. The summed E-state index contributed by atoms with van der Waals surface area (Å²) in [4.78, 5) is 19.8. The summed E-state index contributed by atoms with van der Waals surface area (Å²) < 4.78 is 5.35. The molecule has 1 rings (SSSR count). The zero-order valence-corrected chi connectivity index (χ0v) is 13.4. The lowest BCUT2D eigenvalue weighted by Crippen LogP contribution is -2.28. The third-order valence-corrected chi connectivity index (χ3v) is 2.84. The van der Waals surface area contributed by atoms with E-state index in [9.17, 15) is 9.90 Å². The molecular formula is C15H25N3O3. The molecule has 0 saturated heterocycles. The van der Waals surface area contributed by atoms with E-state index in [0.717, 1.165) is 5.69 Å². The van der Waals surface area contributed by atoms with Gasteiger partial charge in [0.05, 0.1) is 12.5 Å². The van der Waals surface area contributed by atoms with Crippen molar-refractivity contribution in [1.29, 1.82) is 0 Å². The zero-order chi connectivity index (χ0) is 16.0. The first-order valence-electron chi connectivity index (χ1n) is 7.16. The molecule has 21 heavy (non-hydrogen) atoms. The van der Waals surface area contributed by atoms with Gasteiger partial charge in [-0.2, -0.15) is 4.98 Å². The van der Waals surface area contributed by atoms with Gasteiger partial charge in [0, 0.05) is 18.3 Å². The summed E-state index contributed by atoms with van der Waals surface area (Å²) >= 11 is 0. The maximum atomic E-state index is 11.3. The SMILES string of the molecule is CCOc1cc(C)nc(NCC(CC(C)(C)C)C(=O)O)n1. The van der Waals surface area contributed by atoms with E-state index in [0.29, 0.717) is 31.4 Å². The highest BCUT2D eigenvalue weighted by atomic mass is 16.5. The highest BCUT2D eigenvalue weighted by Gasteiger charge is 2.24. The molecule has 0 spiro atoms. The van der Waals surface area contributed by atoms with Crippen molar-refractivity contribution in [1.82, 2.24) is 9.97 Å². The molecule has 6 nitrogen and oxygen atoms in total. The number of carbonyl (C=O) groups is 1. The van der Waals surface area contributed by atoms with E-state index >= 15 is 0 Å². The first kappa shape index (κ1) is 17.2. The maximum Gasteiger partial charge on any atom is 0.308 e. The van der Waals surface area contributed by atoms with Crippen LogP contribution >= 0.6 is 0 Å². The van der Waals surface area contributed by atoms with E-state index in [-0.39, 0.29) is 5.41 Å². The Morgan fingerprint density at radius 3 is 2.62 bits per heavy atom. The van der Waals surface area contributed by atoms with Gasteiger partial charge in [0.25, 0.3) is 0 Å². The standard InChI is InChI=1S/C15H25N3O3/c1-6-21-12-7-10(2)17-14(18-12)16-9-11(13(19)20)8-15(3,4)5/h7,11H,6,8-9H2,1-5H3,(H,19,20)(H,16,17,18). The van der Waals surface area contributed by atoms with Gasteiger partial charge in [-0.3, -0.25) is 4.79 Å². The molecule has 0 bridgehead atoms. The third-order valence-electron chi connectivity index (χ3n) is 2.84. The van der Waals surface area contributed by atoms with Crippen LogP contribution in [0.5, 0.6) is 5.88 Å². The Morgan fingerprint density at radius 2 is 2.10 bits per heavy atom. The lowest BCUT2D eigenvalue weighted by Gasteiger charge is -2.23. The highest BCUT2D eigenvalue weighted by molar-refractivity contribution is 5.70. The molecule has 0 radical (unpaired) electrons. The number of rotatable bonds is 7. The van der Waals surface area contributed by atoms with Gasteiger partial charge in [-0.05, 0) is 25.7 Å². The average Bonchev–Trinajstić information content (AvgIpc) is 2.32. The molecule has 1 unspecified atom stereocenters. The predicted octanol–water partition coefficient (Wildman–Crippen LogP) is 2.73. The topological polar surface area (TPSA) is 84.3 Å². The minimum Gasteiger partial charge on any atom is -0.481 e. The molecule has 1 heterocycles. The van der Waals surface area contributed by atoms with Gasteiger partial charge < -0.3 is 15.2 Å². The Morgan fingerprint density at radius 1 is 1.43 bits per heavy atom. The fraction of sp³-hybridized carbons (Fsp3) is 0.667. The summed E-state index contributed by atoms with van der Waals surface area (Å²) in [6.07, 6.45) is 0.583. The number of aryl methyl sites for hydroxylation is 1. The van der Waals surface area contributed by atoms with Crippen LogP contribution in [0.15, 0.2) is 6.07 Å². The minimum absolute atomic E-state index is 0.0469. The molecule has 118 valence electrons. The molecule has 0 amide bonds. The van der Waals surface area contributed by atoms with Crippen LogP contribution in [-0.4, -0.2) is 34.2 Å². The van der Waals surface area contributed by atoms with Crippen molar-refractivity contribution >= 4 is 11.9 Å². The van der Waals surface area contributed by atoms with E-state index < -0.39 is 11.9 Å². The molecule has 1 aromatic rings. The van der Waals surface area contributed by atoms with Gasteiger partial charge in [-0.15, -0.1) is 0 Å². The van der Waals surface area contributed by atoms with Crippen molar-refractivity contribution in [3.05, 3.63) is 11.8 Å². The fourth-order valence-corrected chi connectivity index (χ4v) is 2.04. The highest BCUT2D eigenvalue weighted by Crippen LogP contribution is 2.25. The average molecular weight is 295 g/mol. The first-order chi connectivity index (χ1) is 9.71. The number of carboxylic acids is 1. The Kier molecular flexibility index (Phi) is 5.93. The molecule has 1 atom stereocenters. The number of nitrogens with zero attached hydrogens (tertiary/aromatic N) is 2. The largest absolute Gasteiger partial charge is 0.481 e. The minimum atomic E-state index is -0.810. The maximum absolute atomic E-state index is 11.3. The van der Waals surface area contributed by atoms with Crippen molar-refractivity contribution in [2.45, 2.75) is 41.0 Å². The summed E-state index contributed by atoms with van der Waals surface area (Å²) in [6, 6.07) is 1.75. The summed E-state index contributed by atoms with van der Waals surface area (Å²) in [5.74, 6) is -0.395. The molecule has 0 aromatic carbocycles. The Balaban J connectivity index is 2.73. The van der Waals surface area contributed by atoms with Crippen LogP contribution in [-0.2, 0) is 4.79 Å². The summed E-state index contributed by atoms with van der Waals surface area (Å²) in [6.45, 7) is 10.6. The molecular weight excluding hydrogens is 270 g/mol. The molecule has 1 aromatic heterocycles. The molecule has 0 saturated carbocycles. The van der Waals surface area contributed by atoms with Crippen molar-refractivity contribution in [2.75, 3.05) is 18.5 Å². The summed E-state index contributed by atoms with van der Waals surface area (Å²) in [5.41, 5.74) is 0.730. The second kappa shape index (κ2) is 7.24. The number of nitrogens with one attached hydrogen (secondary N) is 1. The van der Waals surface area contributed by atoms with Gasteiger partial charge >= 0.3 is 5.97 Å². The fourth-order valence-electron chi connectivity index (χ4n) is 2.04. The summed E-state index contributed by atoms with van der Waals surface area (Å²) in [7, 11) is 0. The van der Waals surface area contributed by atoms with Crippen LogP contribution in [0.4, 0.5) is 5.95 Å². The van der Waals surface area contributed by atoms with Crippen LogP contribution in [0, 0.1) is 18.3 Å². The van der Waals surface area contributed by atoms with Crippen molar-refractivity contribution < 1.29 is 14.6 Å². The van der Waals surface area contributed by atoms with Crippen molar-refractivity contribution in [3.63, 3.8) is 0 Å². The van der Waals surface area contributed by atoms with Gasteiger partial charge in [0.2, 0.25) is 11.8 Å². The van der Waals surface area contributed by atoms with Gasteiger partial charge in [-0.25, -0.2) is 4.98 Å². The predicted molar refractivity (Wildman–Crippen MR) is 81.6 cm³/mol. The molecule has 0 aliphatic rings. The van der Waals surface area contributed by atoms with E-state index in [1.807, 2.05) is 34.6 Å². The van der Waals surface area contributed by atoms with Crippen LogP contribution in [0.3, 0.4) is 0 Å². The third kappa shape index (κ3) is 6.42. The molecule has 0 aliphatic heterocycles. The zero-order valence-electron chi connectivity index (χ0n) is 13.4. The Labute approximate surface area is 126 Å². The molecule has 0 fully saturated rings. The van der Waals surface area contributed by atoms with Gasteiger partial charge in [0.1, 0.15) is 0 Å². The van der Waals surface area contributed by atoms with Crippen LogP contribution in [0.1, 0.15) is 39.8 Å². The number of aromatic nitrogens is 2. The summed E-state index contributed by atoms with van der Waals surface area (Å²) in [5, 5.41) is 12.3. The number of carboxylic acid groups (broad SMARTS) is 1. The lowest BCUT2D eigenvalue weighted by molar-refractivity contribution is -0.142. The van der Waals surface area contributed by atoms with Crippen molar-refractivity contribution in [2.24, 2.45) is 11.3 Å². The van der Waals surface area contributed by atoms with Crippen molar-refractivity contribution in [3.8, 4) is 5.88 Å². The number of hydrogen-bond donors (Lipinski definition) is 2. The van der Waals surface area contributed by atoms with E-state index in [2.05, 4.69) is 15.3 Å². The van der Waals surface area contributed by atoms with Gasteiger partial charge in [0.15, 0.2) is 0 Å². The molecule has 6 heteroatoms. The van der Waals surface area contributed by atoms with E-state index in [4.69, 9.17) is 4.74 Å². The Bertz CT molecular complexity index is 484. The first-order valence-corrected chi connectivity index (χ1v) is 7.16. The number of ether oxygens (including phenoxy) is 1. The monoisotopic (exact) mass is 295 g/mol. The number of aliphatic carboxylic acids is 1. The number of hydrogen-bond acceptors (Lipinski definition) is 5. The van der Waals surface area contributed by atoms with E-state index in [1.54, 1.807) is 6.07 Å². The van der Waals surface area contributed by atoms with E-state index in [1.165, 1.54) is 0 Å². The molecule has 2 N–H and O–H groups in total. The lowest BCUT2D eigenvalue weighted by atomic mass is 9.84. The quantitative estimate of drug-likeness (QED) is 0.804. The molecule has 0 aliphatic carbocycles. The van der Waals surface area contributed by atoms with Gasteiger partial charge in [-0.1, -0.05) is 20.8 Å². The number of anilines is 1. The second-order valence-electron chi connectivity index (χ2n) is 6.29. The second-order valence-corrected chi connectivity index (χ2v) is 6.29. The van der Waals surface area contributed by atoms with Crippen LogP contribution in [0.25, 0.3) is 0 Å².